The molecule has 2 heterocycles. The van der Waals surface area contributed by atoms with Crippen LogP contribution in [0.25, 0.3) is 0 Å². The molecule has 9 nitrogen and oxygen atoms in total. The lowest BCUT2D eigenvalue weighted by Gasteiger charge is -2.23. The highest BCUT2D eigenvalue weighted by Gasteiger charge is 2.35. The van der Waals surface area contributed by atoms with Gasteiger partial charge in [-0.05, 0) is 29.2 Å². The van der Waals surface area contributed by atoms with E-state index < -0.39 is 9.84 Å². The van der Waals surface area contributed by atoms with E-state index in [1.807, 2.05) is 0 Å². The molecule has 1 aliphatic rings. The van der Waals surface area contributed by atoms with Gasteiger partial charge in [-0.2, -0.15) is 0 Å². The van der Waals surface area contributed by atoms with Crippen molar-refractivity contribution < 1.29 is 13.2 Å². The Labute approximate surface area is 142 Å². The fourth-order valence-electron chi connectivity index (χ4n) is 3.00. The average Bonchev–Trinajstić information content (AvgIpc) is 3.03. The van der Waals surface area contributed by atoms with Crippen molar-refractivity contribution in [2.24, 2.45) is 11.8 Å². The number of amides is 1. The minimum Gasteiger partial charge on any atom is -0.350 e. The number of aryl methyl sites for hydroxylation is 1. The smallest absolute Gasteiger partial charge is 0.242 e. The predicted octanol–water partition coefficient (Wildman–Crippen LogP) is -0.901. The molecule has 1 aliphatic heterocycles. The second-order valence-electron chi connectivity index (χ2n) is 6.86. The summed E-state index contributed by atoms with van der Waals surface area (Å²) in [5.74, 6) is 1.29. The van der Waals surface area contributed by atoms with Crippen LogP contribution in [0.1, 0.15) is 19.7 Å². The molecule has 1 fully saturated rings. The fourth-order valence-corrected chi connectivity index (χ4v) is 3.59. The zero-order valence-electron chi connectivity index (χ0n) is 14.6. The van der Waals surface area contributed by atoms with Gasteiger partial charge in [-0.15, -0.1) is 5.10 Å². The number of tetrazole rings is 1. The van der Waals surface area contributed by atoms with Crippen LogP contribution >= 0.6 is 0 Å². The first-order valence-electron chi connectivity index (χ1n) is 8.08. The zero-order valence-corrected chi connectivity index (χ0v) is 15.5. The van der Waals surface area contributed by atoms with E-state index in [4.69, 9.17) is 0 Å². The molecule has 0 aromatic carbocycles. The summed E-state index contributed by atoms with van der Waals surface area (Å²) < 4.78 is 24.2. The van der Waals surface area contributed by atoms with E-state index in [2.05, 4.69) is 39.6 Å². The first-order chi connectivity index (χ1) is 11.2. The van der Waals surface area contributed by atoms with Gasteiger partial charge in [0.25, 0.3) is 0 Å². The van der Waals surface area contributed by atoms with Crippen molar-refractivity contribution in [2.75, 3.05) is 31.6 Å². The number of aromatic nitrogens is 4. The molecule has 1 aromatic rings. The minimum atomic E-state index is -2.98. The van der Waals surface area contributed by atoms with Crippen LogP contribution in [0.15, 0.2) is 0 Å². The van der Waals surface area contributed by atoms with Gasteiger partial charge in [0.1, 0.15) is 22.2 Å². The molecular formula is C14H26N6O3S. The monoisotopic (exact) mass is 358 g/mol. The van der Waals surface area contributed by atoms with E-state index in [9.17, 15) is 13.2 Å². The van der Waals surface area contributed by atoms with Crippen LogP contribution in [-0.4, -0.2) is 77.1 Å². The van der Waals surface area contributed by atoms with Crippen LogP contribution in [-0.2, 0) is 21.2 Å². The molecule has 1 saturated heterocycles. The number of nitrogens with one attached hydrogen (secondary N) is 1. The molecule has 24 heavy (non-hydrogen) atoms. The summed E-state index contributed by atoms with van der Waals surface area (Å²) in [6, 6.07) is 0.00819. The summed E-state index contributed by atoms with van der Waals surface area (Å²) in [4.78, 5) is 14.4. The number of hydrogen-bond donors (Lipinski definition) is 1. The van der Waals surface area contributed by atoms with Gasteiger partial charge in [0.15, 0.2) is 0 Å². The molecule has 0 unspecified atom stereocenters. The van der Waals surface area contributed by atoms with Crippen molar-refractivity contribution in [1.29, 1.82) is 0 Å². The largest absolute Gasteiger partial charge is 0.350 e. The Morgan fingerprint density at radius 1 is 1.38 bits per heavy atom. The molecule has 2 atom stereocenters. The molecule has 0 radical (unpaired) electrons. The highest BCUT2D eigenvalue weighted by Crippen LogP contribution is 2.24. The first kappa shape index (κ1) is 18.8. The van der Waals surface area contributed by atoms with Gasteiger partial charge in [0.2, 0.25) is 5.91 Å². The maximum absolute atomic E-state index is 12.3. The summed E-state index contributed by atoms with van der Waals surface area (Å²) in [5.41, 5.74) is 0. The fraction of sp³-hybridized carbons (Fsp3) is 0.857. The maximum Gasteiger partial charge on any atom is 0.242 e. The second-order valence-corrected chi connectivity index (χ2v) is 9.11. The summed E-state index contributed by atoms with van der Waals surface area (Å²) in [6.07, 6.45) is 1.25. The maximum atomic E-state index is 12.3. The lowest BCUT2D eigenvalue weighted by atomic mass is 9.91. The SMILES string of the molecule is Cc1nnnn1CC(=O)N[C@H]1CN(CCS(C)(=O)=O)C[C@@H]1C(C)C. The summed E-state index contributed by atoms with van der Waals surface area (Å²) in [5, 5.41) is 14.1. The van der Waals surface area contributed by atoms with E-state index >= 15 is 0 Å². The summed E-state index contributed by atoms with van der Waals surface area (Å²) >= 11 is 0. The van der Waals surface area contributed by atoms with Crippen LogP contribution in [0.5, 0.6) is 0 Å². The third-order valence-electron chi connectivity index (χ3n) is 4.43. The summed E-state index contributed by atoms with van der Waals surface area (Å²) in [7, 11) is -2.98. The highest BCUT2D eigenvalue weighted by atomic mass is 32.2. The topological polar surface area (TPSA) is 110 Å². The number of sulfone groups is 1. The molecule has 136 valence electrons. The van der Waals surface area contributed by atoms with Crippen LogP contribution in [0, 0.1) is 18.8 Å². The first-order valence-corrected chi connectivity index (χ1v) is 10.1. The molecule has 0 aliphatic carbocycles. The second kappa shape index (κ2) is 7.56. The van der Waals surface area contributed by atoms with E-state index in [1.54, 1.807) is 6.92 Å². The van der Waals surface area contributed by atoms with Gasteiger partial charge in [-0.25, -0.2) is 13.1 Å². The molecule has 2 rings (SSSR count). The third kappa shape index (κ3) is 5.23. The number of hydrogen-bond acceptors (Lipinski definition) is 7. The van der Waals surface area contributed by atoms with Crippen molar-refractivity contribution in [3.8, 4) is 0 Å². The normalized spacial score (nSPS) is 22.2. The predicted molar refractivity (Wildman–Crippen MR) is 89.0 cm³/mol. The van der Waals surface area contributed by atoms with Gasteiger partial charge in [0.05, 0.1) is 5.75 Å². The third-order valence-corrected chi connectivity index (χ3v) is 5.35. The summed E-state index contributed by atoms with van der Waals surface area (Å²) in [6.45, 7) is 8.03. The van der Waals surface area contributed by atoms with Crippen LogP contribution in [0.4, 0.5) is 0 Å². The van der Waals surface area contributed by atoms with E-state index in [1.165, 1.54) is 10.9 Å². The van der Waals surface area contributed by atoms with Gasteiger partial charge in [-0.3, -0.25) is 9.69 Å². The van der Waals surface area contributed by atoms with Gasteiger partial charge in [0, 0.05) is 31.9 Å². The van der Waals surface area contributed by atoms with Crippen molar-refractivity contribution in [3.63, 3.8) is 0 Å². The quantitative estimate of drug-likeness (QED) is 0.672. The molecule has 0 saturated carbocycles. The van der Waals surface area contributed by atoms with Crippen molar-refractivity contribution >= 4 is 15.7 Å². The van der Waals surface area contributed by atoms with Gasteiger partial charge < -0.3 is 5.32 Å². The average molecular weight is 358 g/mol. The Morgan fingerprint density at radius 2 is 2.08 bits per heavy atom. The number of likely N-dealkylation sites (tertiary alicyclic amines) is 1. The van der Waals surface area contributed by atoms with Crippen molar-refractivity contribution in [3.05, 3.63) is 5.82 Å². The van der Waals surface area contributed by atoms with Gasteiger partial charge in [-0.1, -0.05) is 13.8 Å². The Bertz CT molecular complexity index is 672. The minimum absolute atomic E-state index is 0.00819. The van der Waals surface area contributed by atoms with E-state index in [0.717, 1.165) is 6.54 Å². The Morgan fingerprint density at radius 3 is 2.62 bits per heavy atom. The number of carbonyl (C=O) groups is 1. The molecule has 0 spiro atoms. The van der Waals surface area contributed by atoms with Crippen LogP contribution in [0.2, 0.25) is 0 Å². The van der Waals surface area contributed by atoms with E-state index in [0.29, 0.717) is 30.7 Å². The molecule has 1 amide bonds. The van der Waals surface area contributed by atoms with Gasteiger partial charge >= 0.3 is 0 Å². The van der Waals surface area contributed by atoms with Crippen LogP contribution in [0.3, 0.4) is 0 Å². The number of carbonyl (C=O) groups excluding carboxylic acids is 1. The number of rotatable bonds is 7. The highest BCUT2D eigenvalue weighted by molar-refractivity contribution is 7.90. The molecule has 1 N–H and O–H groups in total. The standard InChI is InChI=1S/C14H26N6O3S/c1-10(2)12-7-19(5-6-24(4,22)23)8-13(12)15-14(21)9-20-11(3)16-17-18-20/h10,12-13H,5-9H2,1-4H3,(H,15,21)/t12-,13+/m1/s1. The van der Waals surface area contributed by atoms with Crippen molar-refractivity contribution in [2.45, 2.75) is 33.4 Å². The number of nitrogens with zero attached hydrogens (tertiary/aromatic N) is 5. The zero-order chi connectivity index (χ0) is 17.9. The van der Waals surface area contributed by atoms with E-state index in [-0.39, 0.29) is 24.2 Å². The Hall–Kier alpha value is -1.55. The Balaban J connectivity index is 1.94. The lowest BCUT2D eigenvalue weighted by Crippen LogP contribution is -2.43. The Kier molecular flexibility index (Phi) is 5.92. The molecular weight excluding hydrogens is 332 g/mol. The van der Waals surface area contributed by atoms with Crippen molar-refractivity contribution in [1.82, 2.24) is 30.4 Å². The van der Waals surface area contributed by atoms with Crippen LogP contribution < -0.4 is 5.32 Å². The molecule has 0 bridgehead atoms. The lowest BCUT2D eigenvalue weighted by molar-refractivity contribution is -0.122. The molecule has 1 aromatic heterocycles. The molecule has 10 heteroatoms.